The van der Waals surface area contributed by atoms with E-state index in [-0.39, 0.29) is 6.54 Å². The first kappa shape index (κ1) is 14.9. The number of carbonyl (C=O) groups excluding carboxylic acids is 1. The number of hydrogen-bond acceptors (Lipinski definition) is 4. The Balaban J connectivity index is 2.31. The number of hydrogen-bond donors (Lipinski definition) is 3. The van der Waals surface area contributed by atoms with Gasteiger partial charge in [-0.3, -0.25) is 4.98 Å². The zero-order valence-electron chi connectivity index (χ0n) is 10.6. The molecule has 7 nitrogen and oxygen atoms in total. The molecule has 2 amide bonds. The van der Waals surface area contributed by atoms with Crippen LogP contribution >= 0.6 is 0 Å². The zero-order valence-corrected chi connectivity index (χ0v) is 10.6. The SMILES string of the molecule is CN(CCc1ccncc1)C(=O)NCC(O)C(=O)O. The summed E-state index contributed by atoms with van der Waals surface area (Å²) in [6.07, 6.45) is 2.45. The van der Waals surface area contributed by atoms with Crippen molar-refractivity contribution in [1.82, 2.24) is 15.2 Å². The number of likely N-dealkylation sites (N-methyl/N-ethyl adjacent to an activating group) is 1. The maximum atomic E-state index is 11.6. The Hall–Kier alpha value is -2.15. The van der Waals surface area contributed by atoms with Crippen LogP contribution in [-0.2, 0) is 11.2 Å². The number of nitrogens with zero attached hydrogens (tertiary/aromatic N) is 2. The summed E-state index contributed by atoms with van der Waals surface area (Å²) in [6, 6.07) is 3.30. The number of urea groups is 1. The number of aliphatic carboxylic acids is 1. The maximum Gasteiger partial charge on any atom is 0.334 e. The molecule has 7 heteroatoms. The second kappa shape index (κ2) is 7.32. The third-order valence-corrected chi connectivity index (χ3v) is 2.56. The fourth-order valence-corrected chi connectivity index (χ4v) is 1.35. The van der Waals surface area contributed by atoms with E-state index in [1.54, 1.807) is 19.4 Å². The molecule has 0 saturated heterocycles. The van der Waals surface area contributed by atoms with Gasteiger partial charge in [0.25, 0.3) is 0 Å². The van der Waals surface area contributed by atoms with Crippen molar-refractivity contribution < 1.29 is 19.8 Å². The van der Waals surface area contributed by atoms with Gasteiger partial charge in [0.15, 0.2) is 6.10 Å². The summed E-state index contributed by atoms with van der Waals surface area (Å²) in [6.45, 7) is 0.173. The molecule has 19 heavy (non-hydrogen) atoms. The van der Waals surface area contributed by atoms with Crippen molar-refractivity contribution in [2.45, 2.75) is 12.5 Å². The van der Waals surface area contributed by atoms with Gasteiger partial charge < -0.3 is 20.4 Å². The highest BCUT2D eigenvalue weighted by Crippen LogP contribution is 1.99. The summed E-state index contributed by atoms with van der Waals surface area (Å²) in [5, 5.41) is 19.8. The lowest BCUT2D eigenvalue weighted by atomic mass is 10.2. The Kier molecular flexibility index (Phi) is 5.74. The summed E-state index contributed by atoms with van der Waals surface area (Å²) < 4.78 is 0. The maximum absolute atomic E-state index is 11.6. The van der Waals surface area contributed by atoms with Crippen LogP contribution in [0.4, 0.5) is 4.79 Å². The summed E-state index contributed by atoms with van der Waals surface area (Å²) in [4.78, 5) is 27.3. The number of rotatable bonds is 6. The van der Waals surface area contributed by atoms with Gasteiger partial charge in [0.2, 0.25) is 0 Å². The Morgan fingerprint density at radius 3 is 2.63 bits per heavy atom. The number of carboxylic acid groups (broad SMARTS) is 1. The van der Waals surface area contributed by atoms with E-state index in [0.29, 0.717) is 13.0 Å². The van der Waals surface area contributed by atoms with Gasteiger partial charge in [-0.25, -0.2) is 9.59 Å². The molecule has 0 spiro atoms. The van der Waals surface area contributed by atoms with E-state index in [1.165, 1.54) is 4.90 Å². The van der Waals surface area contributed by atoms with Gasteiger partial charge in [0.1, 0.15) is 0 Å². The molecular formula is C12H17N3O4. The Morgan fingerprint density at radius 1 is 1.42 bits per heavy atom. The number of aliphatic hydroxyl groups is 1. The van der Waals surface area contributed by atoms with E-state index in [1.807, 2.05) is 12.1 Å². The van der Waals surface area contributed by atoms with Crippen LogP contribution < -0.4 is 5.32 Å². The third-order valence-electron chi connectivity index (χ3n) is 2.56. The fraction of sp³-hybridized carbons (Fsp3) is 0.417. The average molecular weight is 267 g/mol. The van der Waals surface area contributed by atoms with Gasteiger partial charge in [-0.1, -0.05) is 0 Å². The van der Waals surface area contributed by atoms with Gasteiger partial charge in [0, 0.05) is 26.0 Å². The van der Waals surface area contributed by atoms with Crippen molar-refractivity contribution in [3.63, 3.8) is 0 Å². The molecule has 0 aliphatic rings. The average Bonchev–Trinajstić information content (AvgIpc) is 2.42. The summed E-state index contributed by atoms with van der Waals surface area (Å²) >= 11 is 0. The summed E-state index contributed by atoms with van der Waals surface area (Å²) in [5.41, 5.74) is 1.06. The number of amides is 2. The standard InChI is InChI=1S/C12H17N3O4/c1-15(7-4-9-2-5-13-6-3-9)12(19)14-8-10(16)11(17)18/h2-3,5-6,10,16H,4,7-8H2,1H3,(H,14,19)(H,17,18). The van der Waals surface area contributed by atoms with E-state index in [2.05, 4.69) is 10.3 Å². The molecule has 1 rings (SSSR count). The quantitative estimate of drug-likeness (QED) is 0.657. The molecular weight excluding hydrogens is 250 g/mol. The number of carboxylic acids is 1. The monoisotopic (exact) mass is 267 g/mol. The number of nitrogens with one attached hydrogen (secondary N) is 1. The Bertz CT molecular complexity index is 424. The normalized spacial score (nSPS) is 11.7. The van der Waals surface area contributed by atoms with E-state index in [9.17, 15) is 9.59 Å². The second-order valence-electron chi connectivity index (χ2n) is 4.07. The summed E-state index contributed by atoms with van der Waals surface area (Å²) in [7, 11) is 1.60. The smallest absolute Gasteiger partial charge is 0.334 e. The molecule has 1 aromatic rings. The number of carbonyl (C=O) groups is 2. The molecule has 0 fully saturated rings. The Morgan fingerprint density at radius 2 is 2.05 bits per heavy atom. The topological polar surface area (TPSA) is 103 Å². The minimum atomic E-state index is -1.59. The lowest BCUT2D eigenvalue weighted by Crippen LogP contribution is -2.43. The van der Waals surface area contributed by atoms with Crippen molar-refractivity contribution in [2.75, 3.05) is 20.1 Å². The molecule has 0 bridgehead atoms. The lowest BCUT2D eigenvalue weighted by Gasteiger charge is -2.18. The second-order valence-corrected chi connectivity index (χ2v) is 4.07. The highest BCUT2D eigenvalue weighted by Gasteiger charge is 2.15. The number of aromatic nitrogens is 1. The molecule has 0 aromatic carbocycles. The number of pyridine rings is 1. The predicted octanol–water partition coefficient (Wildman–Crippen LogP) is -0.289. The van der Waals surface area contributed by atoms with Gasteiger partial charge in [-0.05, 0) is 24.1 Å². The van der Waals surface area contributed by atoms with Gasteiger partial charge in [-0.2, -0.15) is 0 Å². The molecule has 104 valence electrons. The molecule has 1 aromatic heterocycles. The van der Waals surface area contributed by atoms with E-state index in [0.717, 1.165) is 5.56 Å². The molecule has 1 heterocycles. The van der Waals surface area contributed by atoms with Crippen molar-refractivity contribution in [3.8, 4) is 0 Å². The van der Waals surface area contributed by atoms with Crippen LogP contribution in [-0.4, -0.2) is 58.3 Å². The largest absolute Gasteiger partial charge is 0.479 e. The zero-order chi connectivity index (χ0) is 14.3. The van der Waals surface area contributed by atoms with Crippen molar-refractivity contribution >= 4 is 12.0 Å². The minimum absolute atomic E-state index is 0.312. The van der Waals surface area contributed by atoms with E-state index < -0.39 is 18.1 Å². The third kappa shape index (κ3) is 5.35. The lowest BCUT2D eigenvalue weighted by molar-refractivity contribution is -0.146. The van der Waals surface area contributed by atoms with Gasteiger partial charge in [0.05, 0.1) is 6.54 Å². The first-order valence-electron chi connectivity index (χ1n) is 5.79. The van der Waals surface area contributed by atoms with Crippen molar-refractivity contribution in [1.29, 1.82) is 0 Å². The number of aliphatic hydroxyl groups excluding tert-OH is 1. The minimum Gasteiger partial charge on any atom is -0.479 e. The molecule has 0 saturated carbocycles. The van der Waals surface area contributed by atoms with Crippen LogP contribution in [0, 0.1) is 0 Å². The van der Waals surface area contributed by atoms with Crippen molar-refractivity contribution in [2.24, 2.45) is 0 Å². The molecule has 1 unspecified atom stereocenters. The highest BCUT2D eigenvalue weighted by molar-refractivity contribution is 5.76. The van der Waals surface area contributed by atoms with Crippen LogP contribution in [0.1, 0.15) is 5.56 Å². The fourth-order valence-electron chi connectivity index (χ4n) is 1.35. The molecule has 0 radical (unpaired) electrons. The highest BCUT2D eigenvalue weighted by atomic mass is 16.4. The molecule has 0 aliphatic carbocycles. The van der Waals surface area contributed by atoms with Crippen molar-refractivity contribution in [3.05, 3.63) is 30.1 Å². The molecule has 3 N–H and O–H groups in total. The first-order valence-corrected chi connectivity index (χ1v) is 5.79. The Labute approximate surface area is 110 Å². The molecule has 1 atom stereocenters. The van der Waals surface area contributed by atoms with Crippen LogP contribution in [0.5, 0.6) is 0 Å². The van der Waals surface area contributed by atoms with Crippen LogP contribution in [0.25, 0.3) is 0 Å². The predicted molar refractivity (Wildman–Crippen MR) is 67.6 cm³/mol. The molecule has 0 aliphatic heterocycles. The van der Waals surface area contributed by atoms with E-state index >= 15 is 0 Å². The van der Waals surface area contributed by atoms with Crippen LogP contribution in [0.3, 0.4) is 0 Å². The summed E-state index contributed by atoms with van der Waals surface area (Å²) in [5.74, 6) is -1.36. The van der Waals surface area contributed by atoms with E-state index in [4.69, 9.17) is 10.2 Å². The van der Waals surface area contributed by atoms with Crippen LogP contribution in [0.15, 0.2) is 24.5 Å². The first-order chi connectivity index (χ1) is 9.00. The van der Waals surface area contributed by atoms with Gasteiger partial charge in [-0.15, -0.1) is 0 Å². The van der Waals surface area contributed by atoms with Crippen LogP contribution in [0.2, 0.25) is 0 Å². The van der Waals surface area contributed by atoms with Gasteiger partial charge >= 0.3 is 12.0 Å².